The van der Waals surface area contributed by atoms with Gasteiger partial charge in [0.05, 0.1) is 6.61 Å². The Morgan fingerprint density at radius 1 is 1.17 bits per heavy atom. The van der Waals surface area contributed by atoms with E-state index in [0.29, 0.717) is 18.4 Å². The number of rotatable bonds is 4. The summed E-state index contributed by atoms with van der Waals surface area (Å²) in [5.74, 6) is 0.853. The van der Waals surface area contributed by atoms with Gasteiger partial charge in [0.2, 0.25) is 11.8 Å². The number of nitrogens with two attached hydrogens (primary N) is 2. The average molecular weight is 245 g/mol. The number of anilines is 4. The molecule has 0 spiro atoms. The van der Waals surface area contributed by atoms with E-state index in [4.69, 9.17) is 16.2 Å². The van der Waals surface area contributed by atoms with E-state index in [1.807, 2.05) is 37.3 Å². The number of ether oxygens (including phenoxy) is 1. The summed E-state index contributed by atoms with van der Waals surface area (Å²) >= 11 is 0. The van der Waals surface area contributed by atoms with E-state index >= 15 is 0 Å². The SMILES string of the molecule is CCOc1nc(Nc2ccccc2)nc(N)c1N. The average Bonchev–Trinajstić information content (AvgIpc) is 2.37. The standard InChI is InChI=1S/C12H15N5O/c1-2-18-11-9(13)10(14)16-12(17-11)15-8-6-4-3-5-7-8/h3-7H,2,13H2,1H3,(H3,14,15,16,17). The van der Waals surface area contributed by atoms with Crippen molar-refractivity contribution < 1.29 is 4.74 Å². The van der Waals surface area contributed by atoms with E-state index in [1.54, 1.807) is 0 Å². The molecule has 0 radical (unpaired) electrons. The molecule has 0 bridgehead atoms. The highest BCUT2D eigenvalue weighted by atomic mass is 16.5. The van der Waals surface area contributed by atoms with Gasteiger partial charge in [-0.25, -0.2) is 0 Å². The molecule has 18 heavy (non-hydrogen) atoms. The van der Waals surface area contributed by atoms with E-state index in [9.17, 15) is 0 Å². The van der Waals surface area contributed by atoms with Crippen LogP contribution >= 0.6 is 0 Å². The normalized spacial score (nSPS) is 10.1. The molecule has 0 amide bonds. The lowest BCUT2D eigenvalue weighted by Gasteiger charge is -2.10. The van der Waals surface area contributed by atoms with E-state index in [2.05, 4.69) is 15.3 Å². The van der Waals surface area contributed by atoms with Crippen LogP contribution in [0.4, 0.5) is 23.1 Å². The lowest BCUT2D eigenvalue weighted by atomic mass is 10.3. The molecule has 1 aromatic carbocycles. The molecule has 2 rings (SSSR count). The van der Waals surface area contributed by atoms with Gasteiger partial charge >= 0.3 is 0 Å². The summed E-state index contributed by atoms with van der Waals surface area (Å²) < 4.78 is 5.30. The van der Waals surface area contributed by atoms with Crippen LogP contribution < -0.4 is 21.5 Å². The highest BCUT2D eigenvalue weighted by Gasteiger charge is 2.10. The maximum Gasteiger partial charge on any atom is 0.244 e. The van der Waals surface area contributed by atoms with Gasteiger partial charge in [0.1, 0.15) is 5.69 Å². The number of nitrogen functional groups attached to an aromatic ring is 2. The molecule has 0 atom stereocenters. The Bertz CT molecular complexity index is 529. The van der Waals surface area contributed by atoms with Crippen LogP contribution in [0, 0.1) is 0 Å². The van der Waals surface area contributed by atoms with Gasteiger partial charge in [-0.15, -0.1) is 0 Å². The Labute approximate surface area is 105 Å². The van der Waals surface area contributed by atoms with Crippen molar-refractivity contribution >= 4 is 23.1 Å². The monoisotopic (exact) mass is 245 g/mol. The lowest BCUT2D eigenvalue weighted by molar-refractivity contribution is 0.329. The van der Waals surface area contributed by atoms with Crippen molar-refractivity contribution in [2.75, 3.05) is 23.4 Å². The smallest absolute Gasteiger partial charge is 0.244 e. The zero-order chi connectivity index (χ0) is 13.0. The minimum Gasteiger partial charge on any atom is -0.476 e. The lowest BCUT2D eigenvalue weighted by Crippen LogP contribution is -2.08. The van der Waals surface area contributed by atoms with Crippen LogP contribution in [0.5, 0.6) is 5.88 Å². The summed E-state index contributed by atoms with van der Waals surface area (Å²) in [7, 11) is 0. The minimum absolute atomic E-state index is 0.201. The number of benzene rings is 1. The van der Waals surface area contributed by atoms with Crippen molar-refractivity contribution in [3.63, 3.8) is 0 Å². The Morgan fingerprint density at radius 2 is 1.89 bits per heavy atom. The largest absolute Gasteiger partial charge is 0.476 e. The fourth-order valence-corrected chi connectivity index (χ4v) is 1.42. The first-order valence-electron chi connectivity index (χ1n) is 5.58. The Kier molecular flexibility index (Phi) is 3.47. The van der Waals surface area contributed by atoms with E-state index < -0.39 is 0 Å². The zero-order valence-electron chi connectivity index (χ0n) is 10.1. The third-order valence-corrected chi connectivity index (χ3v) is 2.25. The van der Waals surface area contributed by atoms with Crippen LogP contribution in [0.3, 0.4) is 0 Å². The van der Waals surface area contributed by atoms with Gasteiger partial charge in [0.15, 0.2) is 5.82 Å². The van der Waals surface area contributed by atoms with Crippen LogP contribution in [0.25, 0.3) is 0 Å². The second-order valence-electron chi connectivity index (χ2n) is 3.58. The first-order valence-corrected chi connectivity index (χ1v) is 5.58. The van der Waals surface area contributed by atoms with Crippen molar-refractivity contribution in [3.8, 4) is 5.88 Å². The predicted molar refractivity (Wildman–Crippen MR) is 71.8 cm³/mol. The summed E-state index contributed by atoms with van der Waals surface area (Å²) in [6, 6.07) is 9.54. The maximum absolute atomic E-state index is 5.73. The number of aromatic nitrogens is 2. The first kappa shape index (κ1) is 12.0. The summed E-state index contributed by atoms with van der Waals surface area (Å²) in [4.78, 5) is 8.23. The van der Waals surface area contributed by atoms with Crippen LogP contribution in [0.2, 0.25) is 0 Å². The molecule has 94 valence electrons. The van der Waals surface area contributed by atoms with Crippen molar-refractivity contribution in [2.45, 2.75) is 6.92 Å². The molecule has 1 aromatic heterocycles. The molecule has 0 aliphatic carbocycles. The molecule has 0 fully saturated rings. The molecule has 0 saturated heterocycles. The van der Waals surface area contributed by atoms with Gasteiger partial charge in [-0.2, -0.15) is 9.97 Å². The molecule has 0 saturated carbocycles. The molecule has 2 aromatic rings. The van der Waals surface area contributed by atoms with Crippen LogP contribution in [-0.2, 0) is 0 Å². The topological polar surface area (TPSA) is 99.1 Å². The molecule has 1 heterocycles. The Hall–Kier alpha value is -2.50. The second kappa shape index (κ2) is 5.22. The quantitative estimate of drug-likeness (QED) is 0.759. The summed E-state index contributed by atoms with van der Waals surface area (Å²) in [5, 5.41) is 3.03. The zero-order valence-corrected chi connectivity index (χ0v) is 10.1. The molecule has 5 N–H and O–H groups in total. The number of hydrogen-bond acceptors (Lipinski definition) is 6. The molecule has 6 nitrogen and oxygen atoms in total. The van der Waals surface area contributed by atoms with E-state index in [1.165, 1.54) is 0 Å². The molecule has 0 aliphatic rings. The van der Waals surface area contributed by atoms with Gasteiger partial charge in [0.25, 0.3) is 0 Å². The highest BCUT2D eigenvalue weighted by Crippen LogP contribution is 2.26. The van der Waals surface area contributed by atoms with Crippen LogP contribution in [-0.4, -0.2) is 16.6 Å². The summed E-state index contributed by atoms with van der Waals surface area (Å²) in [6.07, 6.45) is 0. The number of hydrogen-bond donors (Lipinski definition) is 3. The second-order valence-corrected chi connectivity index (χ2v) is 3.58. The fourth-order valence-electron chi connectivity index (χ4n) is 1.42. The van der Waals surface area contributed by atoms with Crippen molar-refractivity contribution in [3.05, 3.63) is 30.3 Å². The molecular formula is C12H15N5O. The third kappa shape index (κ3) is 2.60. The van der Waals surface area contributed by atoms with Crippen molar-refractivity contribution in [2.24, 2.45) is 0 Å². The Balaban J connectivity index is 2.28. The number of nitrogens with one attached hydrogen (secondary N) is 1. The molecule has 6 heteroatoms. The van der Waals surface area contributed by atoms with Crippen molar-refractivity contribution in [1.82, 2.24) is 9.97 Å². The highest BCUT2D eigenvalue weighted by molar-refractivity contribution is 5.67. The first-order chi connectivity index (χ1) is 8.70. The van der Waals surface area contributed by atoms with E-state index in [0.717, 1.165) is 5.69 Å². The van der Waals surface area contributed by atoms with Crippen LogP contribution in [0.1, 0.15) is 6.92 Å². The van der Waals surface area contributed by atoms with Gasteiger partial charge in [0, 0.05) is 5.69 Å². The summed E-state index contributed by atoms with van der Waals surface area (Å²) in [6.45, 7) is 2.31. The van der Waals surface area contributed by atoms with Crippen LogP contribution in [0.15, 0.2) is 30.3 Å². The number of para-hydroxylation sites is 1. The summed E-state index contributed by atoms with van der Waals surface area (Å²) in [5.41, 5.74) is 12.6. The third-order valence-electron chi connectivity index (χ3n) is 2.25. The van der Waals surface area contributed by atoms with Gasteiger partial charge in [-0.05, 0) is 19.1 Å². The predicted octanol–water partition coefficient (Wildman–Crippen LogP) is 1.78. The molecule has 0 aliphatic heterocycles. The molecule has 0 unspecified atom stereocenters. The van der Waals surface area contributed by atoms with Crippen molar-refractivity contribution in [1.29, 1.82) is 0 Å². The fraction of sp³-hybridized carbons (Fsp3) is 0.167. The number of nitrogens with zero attached hydrogens (tertiary/aromatic N) is 2. The maximum atomic E-state index is 5.73. The van der Waals surface area contributed by atoms with Gasteiger partial charge < -0.3 is 21.5 Å². The van der Waals surface area contributed by atoms with E-state index in [-0.39, 0.29) is 11.5 Å². The molecular weight excluding hydrogens is 230 g/mol. The Morgan fingerprint density at radius 3 is 2.56 bits per heavy atom. The van der Waals surface area contributed by atoms with Gasteiger partial charge in [-0.1, -0.05) is 18.2 Å². The van der Waals surface area contributed by atoms with Gasteiger partial charge in [-0.3, -0.25) is 0 Å². The minimum atomic E-state index is 0.201.